The van der Waals surface area contributed by atoms with Crippen LogP contribution in [0.15, 0.2) is 36.4 Å². The summed E-state index contributed by atoms with van der Waals surface area (Å²) in [7, 11) is 0. The van der Waals surface area contributed by atoms with Crippen molar-refractivity contribution < 1.29 is 19.4 Å². The number of nitrogens with one attached hydrogen (secondary N) is 1. The van der Waals surface area contributed by atoms with Crippen LogP contribution in [0.3, 0.4) is 0 Å². The number of hydrogen-bond acceptors (Lipinski definition) is 7. The number of hydrogen-bond donors (Lipinski definition) is 1. The number of esters is 1. The molecule has 0 saturated carbocycles. The SMILES string of the molecule is CCOC(=O)c1cc([N+](=O)[O-])c(Nc2ccccc2CC)c([N+](=O)[O-])c1. The number of nitro groups is 2. The van der Waals surface area contributed by atoms with Gasteiger partial charge in [0, 0.05) is 17.8 Å². The number of benzene rings is 2. The average molecular weight is 359 g/mol. The summed E-state index contributed by atoms with van der Waals surface area (Å²) < 4.78 is 4.79. The van der Waals surface area contributed by atoms with Crippen molar-refractivity contribution in [2.45, 2.75) is 20.3 Å². The van der Waals surface area contributed by atoms with Crippen molar-refractivity contribution in [3.8, 4) is 0 Å². The zero-order valence-electron chi connectivity index (χ0n) is 14.2. The lowest BCUT2D eigenvalue weighted by Crippen LogP contribution is -2.09. The Morgan fingerprint density at radius 3 is 2.15 bits per heavy atom. The molecule has 0 radical (unpaired) electrons. The number of ether oxygens (including phenoxy) is 1. The van der Waals surface area contributed by atoms with Gasteiger partial charge in [0.2, 0.25) is 0 Å². The molecule has 26 heavy (non-hydrogen) atoms. The zero-order valence-corrected chi connectivity index (χ0v) is 14.2. The van der Waals surface area contributed by atoms with Gasteiger partial charge in [-0.15, -0.1) is 0 Å². The quantitative estimate of drug-likeness (QED) is 0.450. The molecule has 0 aromatic heterocycles. The first kappa shape index (κ1) is 18.8. The molecule has 136 valence electrons. The van der Waals surface area contributed by atoms with Crippen LogP contribution in [-0.4, -0.2) is 22.4 Å². The summed E-state index contributed by atoms with van der Waals surface area (Å²) in [6.07, 6.45) is 0.631. The van der Waals surface area contributed by atoms with E-state index < -0.39 is 27.2 Å². The van der Waals surface area contributed by atoms with Crippen molar-refractivity contribution in [3.63, 3.8) is 0 Å². The van der Waals surface area contributed by atoms with E-state index in [0.717, 1.165) is 17.7 Å². The van der Waals surface area contributed by atoms with Crippen LogP contribution in [0.5, 0.6) is 0 Å². The highest BCUT2D eigenvalue weighted by Crippen LogP contribution is 2.38. The maximum Gasteiger partial charge on any atom is 0.338 e. The van der Waals surface area contributed by atoms with E-state index in [-0.39, 0.29) is 17.9 Å². The molecule has 0 spiro atoms. The molecule has 0 saturated heterocycles. The third-order valence-electron chi connectivity index (χ3n) is 3.66. The Balaban J connectivity index is 2.64. The van der Waals surface area contributed by atoms with E-state index >= 15 is 0 Å². The van der Waals surface area contributed by atoms with Crippen LogP contribution >= 0.6 is 0 Å². The van der Waals surface area contributed by atoms with Crippen molar-refractivity contribution in [3.05, 3.63) is 67.8 Å². The molecule has 1 N–H and O–H groups in total. The lowest BCUT2D eigenvalue weighted by molar-refractivity contribution is -0.392. The summed E-state index contributed by atoms with van der Waals surface area (Å²) in [6, 6.07) is 8.95. The molecule has 0 atom stereocenters. The Bertz CT molecular complexity index is 830. The van der Waals surface area contributed by atoms with E-state index in [1.807, 2.05) is 13.0 Å². The van der Waals surface area contributed by atoms with E-state index in [4.69, 9.17) is 4.74 Å². The average Bonchev–Trinajstić information content (AvgIpc) is 2.61. The van der Waals surface area contributed by atoms with Gasteiger partial charge in [-0.05, 0) is 25.0 Å². The monoisotopic (exact) mass is 359 g/mol. The number of aryl methyl sites for hydroxylation is 1. The molecular formula is C17H17N3O6. The molecule has 0 aliphatic carbocycles. The van der Waals surface area contributed by atoms with Gasteiger partial charge in [-0.25, -0.2) is 4.79 Å². The van der Waals surface area contributed by atoms with Gasteiger partial charge in [-0.1, -0.05) is 25.1 Å². The van der Waals surface area contributed by atoms with Crippen LogP contribution in [0.1, 0.15) is 29.8 Å². The Morgan fingerprint density at radius 1 is 1.08 bits per heavy atom. The summed E-state index contributed by atoms with van der Waals surface area (Å²) in [5, 5.41) is 25.7. The van der Waals surface area contributed by atoms with Crippen LogP contribution in [0, 0.1) is 20.2 Å². The molecular weight excluding hydrogens is 342 g/mol. The topological polar surface area (TPSA) is 125 Å². The van der Waals surface area contributed by atoms with Gasteiger partial charge in [0.25, 0.3) is 0 Å². The third-order valence-corrected chi connectivity index (χ3v) is 3.66. The molecule has 0 unspecified atom stereocenters. The molecule has 9 nitrogen and oxygen atoms in total. The second kappa shape index (κ2) is 8.06. The van der Waals surface area contributed by atoms with Crippen molar-refractivity contribution in [1.82, 2.24) is 0 Å². The largest absolute Gasteiger partial charge is 0.462 e. The van der Waals surface area contributed by atoms with Crippen LogP contribution in [0.2, 0.25) is 0 Å². The molecule has 0 aliphatic rings. The van der Waals surface area contributed by atoms with Gasteiger partial charge >= 0.3 is 17.3 Å². The summed E-state index contributed by atoms with van der Waals surface area (Å²) in [5.74, 6) is -0.862. The molecule has 2 aromatic rings. The van der Waals surface area contributed by atoms with E-state index in [9.17, 15) is 25.0 Å². The predicted octanol–water partition coefficient (Wildman–Crippen LogP) is 3.99. The molecule has 2 rings (SSSR count). The lowest BCUT2D eigenvalue weighted by atomic mass is 10.1. The molecule has 0 aliphatic heterocycles. The minimum atomic E-state index is -0.862. The fourth-order valence-electron chi connectivity index (χ4n) is 2.45. The number of carbonyl (C=O) groups is 1. The van der Waals surface area contributed by atoms with Crippen LogP contribution < -0.4 is 5.32 Å². The Morgan fingerprint density at radius 2 is 1.65 bits per heavy atom. The van der Waals surface area contributed by atoms with E-state index in [0.29, 0.717) is 12.1 Å². The van der Waals surface area contributed by atoms with Gasteiger partial charge in [-0.2, -0.15) is 0 Å². The van der Waals surface area contributed by atoms with Gasteiger partial charge in [-0.3, -0.25) is 20.2 Å². The van der Waals surface area contributed by atoms with E-state index in [2.05, 4.69) is 5.32 Å². The second-order valence-electron chi connectivity index (χ2n) is 5.26. The summed E-state index contributed by atoms with van der Waals surface area (Å²) in [5.41, 5.74) is -0.328. The van der Waals surface area contributed by atoms with Gasteiger partial charge < -0.3 is 10.1 Å². The van der Waals surface area contributed by atoms with Crippen molar-refractivity contribution >= 4 is 28.7 Å². The fourth-order valence-corrected chi connectivity index (χ4v) is 2.45. The van der Waals surface area contributed by atoms with Crippen LogP contribution in [0.4, 0.5) is 22.7 Å². The third kappa shape index (κ3) is 3.94. The van der Waals surface area contributed by atoms with E-state index in [1.165, 1.54) is 0 Å². The predicted molar refractivity (Wildman–Crippen MR) is 94.8 cm³/mol. The van der Waals surface area contributed by atoms with Crippen molar-refractivity contribution in [1.29, 1.82) is 0 Å². The Labute approximate surface area is 148 Å². The minimum Gasteiger partial charge on any atom is -0.462 e. The summed E-state index contributed by atoms with van der Waals surface area (Å²) in [4.78, 5) is 33.3. The lowest BCUT2D eigenvalue weighted by Gasteiger charge is -2.12. The summed E-state index contributed by atoms with van der Waals surface area (Å²) >= 11 is 0. The van der Waals surface area contributed by atoms with E-state index in [1.54, 1.807) is 25.1 Å². The number of para-hydroxylation sites is 1. The normalized spacial score (nSPS) is 10.2. The standard InChI is InChI=1S/C17H17N3O6/c1-3-11-7-5-6-8-13(11)18-16-14(19(22)23)9-12(17(21)26-4-2)10-15(16)20(24)25/h5-10,18H,3-4H2,1-2H3. The van der Waals surface area contributed by atoms with Gasteiger partial charge in [0.15, 0.2) is 5.69 Å². The Kier molecular flexibility index (Phi) is 5.84. The van der Waals surface area contributed by atoms with Crippen LogP contribution in [0.25, 0.3) is 0 Å². The van der Waals surface area contributed by atoms with Crippen molar-refractivity contribution in [2.24, 2.45) is 0 Å². The second-order valence-corrected chi connectivity index (χ2v) is 5.26. The Hall–Kier alpha value is -3.49. The first-order valence-corrected chi connectivity index (χ1v) is 7.87. The maximum atomic E-state index is 11.9. The highest BCUT2D eigenvalue weighted by Gasteiger charge is 2.29. The fraction of sp³-hybridized carbons (Fsp3) is 0.235. The van der Waals surface area contributed by atoms with Crippen LogP contribution in [-0.2, 0) is 11.2 Å². The molecule has 0 amide bonds. The summed E-state index contributed by atoms with van der Waals surface area (Å²) in [6.45, 7) is 3.51. The first-order chi connectivity index (χ1) is 12.4. The molecule has 0 heterocycles. The molecule has 9 heteroatoms. The highest BCUT2D eigenvalue weighted by atomic mass is 16.6. The number of nitro benzene ring substituents is 2. The zero-order chi connectivity index (χ0) is 19.3. The number of carbonyl (C=O) groups excluding carboxylic acids is 1. The highest BCUT2D eigenvalue weighted by molar-refractivity contribution is 5.94. The molecule has 0 fully saturated rings. The number of anilines is 2. The minimum absolute atomic E-state index is 0.0459. The van der Waals surface area contributed by atoms with Gasteiger partial charge in [0.05, 0.1) is 22.0 Å². The van der Waals surface area contributed by atoms with Gasteiger partial charge in [0.1, 0.15) is 0 Å². The molecule has 0 bridgehead atoms. The molecule has 2 aromatic carbocycles. The number of nitrogens with zero attached hydrogens (tertiary/aromatic N) is 2. The first-order valence-electron chi connectivity index (χ1n) is 7.87. The smallest absolute Gasteiger partial charge is 0.338 e. The maximum absolute atomic E-state index is 11.9. The van der Waals surface area contributed by atoms with Crippen molar-refractivity contribution in [2.75, 3.05) is 11.9 Å². The number of rotatable bonds is 7.